The average molecular weight is 399 g/mol. The highest BCUT2D eigenvalue weighted by Gasteiger charge is 2.12. The van der Waals surface area contributed by atoms with Crippen LogP contribution in [0.2, 0.25) is 5.02 Å². The number of benzene rings is 2. The van der Waals surface area contributed by atoms with Crippen molar-refractivity contribution in [2.24, 2.45) is 0 Å². The molecule has 0 radical (unpaired) electrons. The van der Waals surface area contributed by atoms with Crippen molar-refractivity contribution in [3.8, 4) is 0 Å². The number of carbonyl (C=O) groups is 2. The highest BCUT2D eigenvalue weighted by atomic mass is 35.5. The molecular weight excluding hydrogens is 383 g/mol. The van der Waals surface area contributed by atoms with Crippen LogP contribution in [0.15, 0.2) is 65.6 Å². The van der Waals surface area contributed by atoms with Crippen LogP contribution in [0.4, 0.5) is 10.1 Å². The normalized spacial score (nSPS) is 10.5. The first kappa shape index (κ1) is 19.5. The molecule has 0 spiro atoms. The number of rotatable bonds is 5. The number of anilines is 1. The van der Waals surface area contributed by atoms with E-state index in [9.17, 15) is 18.8 Å². The molecule has 1 N–H and O–H groups in total. The van der Waals surface area contributed by atoms with Gasteiger partial charge in [0.2, 0.25) is 0 Å². The van der Waals surface area contributed by atoms with Crippen molar-refractivity contribution in [2.75, 3.05) is 5.32 Å². The molecule has 0 bridgehead atoms. The molecule has 3 aromatic rings. The number of aromatic nitrogens is 1. The quantitative estimate of drug-likeness (QED) is 0.656. The molecular formula is C21H16ClFN2O3. The molecule has 1 heterocycles. The van der Waals surface area contributed by atoms with Gasteiger partial charge in [-0.3, -0.25) is 14.4 Å². The largest absolute Gasteiger partial charge is 0.322 e. The van der Waals surface area contributed by atoms with E-state index in [1.807, 2.05) is 0 Å². The van der Waals surface area contributed by atoms with Crippen molar-refractivity contribution >= 4 is 29.0 Å². The Morgan fingerprint density at radius 1 is 1.04 bits per heavy atom. The maximum atomic E-state index is 14.0. The van der Waals surface area contributed by atoms with E-state index in [0.717, 1.165) is 0 Å². The van der Waals surface area contributed by atoms with Gasteiger partial charge in [0.15, 0.2) is 5.78 Å². The lowest BCUT2D eigenvalue weighted by Crippen LogP contribution is -2.23. The number of nitrogens with zero attached hydrogens (tertiary/aromatic N) is 1. The summed E-state index contributed by atoms with van der Waals surface area (Å²) in [7, 11) is 0. The molecule has 0 unspecified atom stereocenters. The van der Waals surface area contributed by atoms with E-state index in [-0.39, 0.29) is 34.0 Å². The van der Waals surface area contributed by atoms with E-state index >= 15 is 0 Å². The van der Waals surface area contributed by atoms with Gasteiger partial charge in [0.1, 0.15) is 5.82 Å². The van der Waals surface area contributed by atoms with Gasteiger partial charge in [0.25, 0.3) is 11.5 Å². The number of amides is 1. The van der Waals surface area contributed by atoms with Gasteiger partial charge in [-0.15, -0.1) is 0 Å². The number of hydrogen-bond donors (Lipinski definition) is 1. The Morgan fingerprint density at radius 2 is 1.71 bits per heavy atom. The van der Waals surface area contributed by atoms with Crippen LogP contribution < -0.4 is 10.9 Å². The molecule has 28 heavy (non-hydrogen) atoms. The molecule has 1 amide bonds. The minimum absolute atomic E-state index is 0.0724. The van der Waals surface area contributed by atoms with Crippen molar-refractivity contribution in [1.82, 2.24) is 4.57 Å². The number of ketones is 1. The number of halogens is 2. The molecule has 2 aromatic carbocycles. The van der Waals surface area contributed by atoms with E-state index in [0.29, 0.717) is 11.3 Å². The number of nitrogens with one attached hydrogen (secondary N) is 1. The second-order valence-electron chi connectivity index (χ2n) is 6.17. The van der Waals surface area contributed by atoms with Gasteiger partial charge in [-0.05, 0) is 49.4 Å². The van der Waals surface area contributed by atoms with E-state index in [1.54, 1.807) is 24.3 Å². The molecule has 142 valence electrons. The Morgan fingerprint density at radius 3 is 2.36 bits per heavy atom. The fourth-order valence-electron chi connectivity index (χ4n) is 2.63. The molecule has 0 saturated heterocycles. The third kappa shape index (κ3) is 4.35. The summed E-state index contributed by atoms with van der Waals surface area (Å²) in [5.74, 6) is -1.04. The summed E-state index contributed by atoms with van der Waals surface area (Å²) in [6.07, 6.45) is 1.35. The fourth-order valence-corrected chi connectivity index (χ4v) is 2.86. The molecule has 0 fully saturated rings. The Kier molecular flexibility index (Phi) is 5.70. The first-order valence-corrected chi connectivity index (χ1v) is 8.78. The van der Waals surface area contributed by atoms with E-state index in [2.05, 4.69) is 5.32 Å². The zero-order valence-corrected chi connectivity index (χ0v) is 15.7. The summed E-state index contributed by atoms with van der Waals surface area (Å²) in [5.41, 5.74) is 1.05. The van der Waals surface area contributed by atoms with Crippen molar-refractivity contribution in [3.05, 3.63) is 98.7 Å². The van der Waals surface area contributed by atoms with Crippen LogP contribution in [0.1, 0.15) is 33.2 Å². The Balaban J connectivity index is 1.83. The predicted octanol–water partition coefficient (Wildman–Crippen LogP) is 4.14. The number of carbonyl (C=O) groups excluding carboxylic acids is 2. The first-order valence-electron chi connectivity index (χ1n) is 8.41. The standard InChI is InChI=1S/C21H16ClFN2O3/c1-13(26)14-5-8-16(9-6-14)24-21(28)15-7-10-20(27)25(11-15)12-17-18(22)3-2-4-19(17)23/h2-11H,12H2,1H3,(H,24,28). The van der Waals surface area contributed by atoms with Gasteiger partial charge >= 0.3 is 0 Å². The summed E-state index contributed by atoms with van der Waals surface area (Å²) in [4.78, 5) is 35.9. The van der Waals surface area contributed by atoms with E-state index in [1.165, 1.54) is 48.0 Å². The van der Waals surface area contributed by atoms with Crippen LogP contribution in [-0.2, 0) is 6.54 Å². The monoisotopic (exact) mass is 398 g/mol. The first-order chi connectivity index (χ1) is 13.3. The lowest BCUT2D eigenvalue weighted by Gasteiger charge is -2.11. The van der Waals surface area contributed by atoms with Crippen molar-refractivity contribution < 1.29 is 14.0 Å². The van der Waals surface area contributed by atoms with Crippen molar-refractivity contribution in [3.63, 3.8) is 0 Å². The van der Waals surface area contributed by atoms with Gasteiger partial charge in [0.05, 0.1) is 12.1 Å². The topological polar surface area (TPSA) is 68.2 Å². The SMILES string of the molecule is CC(=O)c1ccc(NC(=O)c2ccc(=O)n(Cc3c(F)cccc3Cl)c2)cc1. The molecule has 5 nitrogen and oxygen atoms in total. The molecule has 0 atom stereocenters. The maximum Gasteiger partial charge on any atom is 0.257 e. The summed E-state index contributed by atoms with van der Waals surface area (Å²) in [6, 6.07) is 13.3. The van der Waals surface area contributed by atoms with Crippen LogP contribution in [0, 0.1) is 5.82 Å². The predicted molar refractivity (Wildman–Crippen MR) is 106 cm³/mol. The fraction of sp³-hybridized carbons (Fsp3) is 0.0952. The minimum atomic E-state index is -0.528. The average Bonchev–Trinajstić information content (AvgIpc) is 2.66. The minimum Gasteiger partial charge on any atom is -0.322 e. The Bertz CT molecular complexity index is 1090. The highest BCUT2D eigenvalue weighted by Crippen LogP contribution is 2.20. The summed E-state index contributed by atoms with van der Waals surface area (Å²) >= 11 is 6.02. The van der Waals surface area contributed by atoms with Gasteiger partial charge in [-0.25, -0.2) is 4.39 Å². The number of Topliss-reactive ketones (excluding diaryl/α,β-unsaturated/α-hetero) is 1. The molecule has 0 aliphatic heterocycles. The van der Waals surface area contributed by atoms with Gasteiger partial charge in [-0.1, -0.05) is 17.7 Å². The van der Waals surface area contributed by atoms with Crippen molar-refractivity contribution in [2.45, 2.75) is 13.5 Å². The third-order valence-corrected chi connectivity index (χ3v) is 4.54. The van der Waals surface area contributed by atoms with E-state index in [4.69, 9.17) is 11.6 Å². The van der Waals surface area contributed by atoms with Gasteiger partial charge < -0.3 is 9.88 Å². The maximum absolute atomic E-state index is 14.0. The molecule has 0 saturated carbocycles. The number of hydrogen-bond acceptors (Lipinski definition) is 3. The van der Waals surface area contributed by atoms with Crippen LogP contribution >= 0.6 is 11.6 Å². The summed E-state index contributed by atoms with van der Waals surface area (Å²) < 4.78 is 15.2. The van der Waals surface area contributed by atoms with E-state index < -0.39 is 11.7 Å². The zero-order valence-electron chi connectivity index (χ0n) is 14.9. The summed E-state index contributed by atoms with van der Waals surface area (Å²) in [6.45, 7) is 1.36. The molecule has 0 aliphatic rings. The van der Waals surface area contributed by atoms with Gasteiger partial charge in [-0.2, -0.15) is 0 Å². The van der Waals surface area contributed by atoms with Crippen LogP contribution in [0.5, 0.6) is 0 Å². The third-order valence-electron chi connectivity index (χ3n) is 4.19. The lowest BCUT2D eigenvalue weighted by molar-refractivity contribution is 0.101. The molecule has 1 aromatic heterocycles. The van der Waals surface area contributed by atoms with Gasteiger partial charge in [0, 0.05) is 34.1 Å². The molecule has 3 rings (SSSR count). The molecule has 0 aliphatic carbocycles. The highest BCUT2D eigenvalue weighted by molar-refractivity contribution is 6.31. The number of pyridine rings is 1. The smallest absolute Gasteiger partial charge is 0.257 e. The van der Waals surface area contributed by atoms with Crippen LogP contribution in [0.3, 0.4) is 0 Å². The Hall–Kier alpha value is -3.25. The lowest BCUT2D eigenvalue weighted by atomic mass is 10.1. The Labute approximate surface area is 165 Å². The second kappa shape index (κ2) is 8.19. The summed E-state index contributed by atoms with van der Waals surface area (Å²) in [5, 5.41) is 2.89. The van der Waals surface area contributed by atoms with Crippen molar-refractivity contribution in [1.29, 1.82) is 0 Å². The van der Waals surface area contributed by atoms with Crippen LogP contribution in [0.25, 0.3) is 0 Å². The second-order valence-corrected chi connectivity index (χ2v) is 6.58. The van der Waals surface area contributed by atoms with Crippen LogP contribution in [-0.4, -0.2) is 16.3 Å². The molecule has 7 heteroatoms. The zero-order chi connectivity index (χ0) is 20.3.